The van der Waals surface area contributed by atoms with Gasteiger partial charge in [0.1, 0.15) is 0 Å². The minimum Gasteiger partial charge on any atom is -0.342 e. The molecule has 1 aliphatic heterocycles. The van der Waals surface area contributed by atoms with E-state index in [4.69, 9.17) is 5.73 Å². The zero-order chi connectivity index (χ0) is 15.9. The Morgan fingerprint density at radius 2 is 1.83 bits per heavy atom. The molecule has 1 aliphatic rings. The van der Waals surface area contributed by atoms with Crippen molar-refractivity contribution < 1.29 is 9.59 Å². The normalized spacial score (nSPS) is 15.0. The first-order chi connectivity index (χ1) is 10.5. The lowest BCUT2D eigenvalue weighted by atomic mass is 10.1. The van der Waals surface area contributed by atoms with E-state index in [-0.39, 0.29) is 36.0 Å². The maximum absolute atomic E-state index is 12.0. The molecule has 1 aromatic carbocycles. The Kier molecular flexibility index (Phi) is 8.44. The van der Waals surface area contributed by atoms with Gasteiger partial charge in [0.15, 0.2) is 0 Å². The van der Waals surface area contributed by atoms with Gasteiger partial charge in [0.2, 0.25) is 11.8 Å². The molecule has 1 fully saturated rings. The zero-order valence-corrected chi connectivity index (χ0v) is 14.9. The predicted octanol–water partition coefficient (Wildman–Crippen LogP) is 2.04. The topological polar surface area (TPSA) is 75.4 Å². The van der Waals surface area contributed by atoms with Crippen molar-refractivity contribution in [2.75, 3.05) is 29.9 Å². The molecular formula is C16H24ClN3O2S. The number of likely N-dealkylation sites (tertiary alicyclic amines) is 1. The summed E-state index contributed by atoms with van der Waals surface area (Å²) < 4.78 is 0. The highest BCUT2D eigenvalue weighted by molar-refractivity contribution is 8.00. The summed E-state index contributed by atoms with van der Waals surface area (Å²) in [5.41, 5.74) is 7.76. The molecule has 2 rings (SSSR count). The van der Waals surface area contributed by atoms with E-state index in [0.29, 0.717) is 5.75 Å². The van der Waals surface area contributed by atoms with Crippen molar-refractivity contribution in [2.24, 2.45) is 5.73 Å². The van der Waals surface area contributed by atoms with Crippen LogP contribution in [0.4, 0.5) is 5.69 Å². The van der Waals surface area contributed by atoms with E-state index in [1.165, 1.54) is 11.8 Å². The number of nitrogens with zero attached hydrogens (tertiary/aromatic N) is 1. The first-order valence-electron chi connectivity index (χ1n) is 7.52. The van der Waals surface area contributed by atoms with Crippen molar-refractivity contribution in [1.82, 2.24) is 4.90 Å². The van der Waals surface area contributed by atoms with E-state index in [2.05, 4.69) is 5.32 Å². The number of rotatable bonds is 5. The highest BCUT2D eigenvalue weighted by Gasteiger charge is 2.20. The van der Waals surface area contributed by atoms with Crippen molar-refractivity contribution in [2.45, 2.75) is 25.8 Å². The molecule has 0 unspecified atom stereocenters. The minimum atomic E-state index is -0.0812. The summed E-state index contributed by atoms with van der Waals surface area (Å²) in [6.45, 7) is 3.47. The third-order valence-corrected chi connectivity index (χ3v) is 4.60. The van der Waals surface area contributed by atoms with Crippen LogP contribution in [0, 0.1) is 6.92 Å². The second-order valence-electron chi connectivity index (χ2n) is 5.63. The van der Waals surface area contributed by atoms with Crippen LogP contribution in [0.2, 0.25) is 0 Å². The smallest absolute Gasteiger partial charge is 0.234 e. The van der Waals surface area contributed by atoms with E-state index in [9.17, 15) is 9.59 Å². The Morgan fingerprint density at radius 1 is 1.22 bits per heavy atom. The number of nitrogens with two attached hydrogens (primary N) is 1. The molecule has 1 aromatic rings. The molecular weight excluding hydrogens is 334 g/mol. The number of thioether (sulfide) groups is 1. The summed E-state index contributed by atoms with van der Waals surface area (Å²) in [7, 11) is 0. The molecule has 1 saturated heterocycles. The highest BCUT2D eigenvalue weighted by atomic mass is 35.5. The van der Waals surface area contributed by atoms with Crippen LogP contribution < -0.4 is 11.1 Å². The Balaban J connectivity index is 0.00000264. The number of anilines is 1. The largest absolute Gasteiger partial charge is 0.342 e. The SMILES string of the molecule is Cc1ccc(NC(=O)CSCC(=O)N2CCC(N)CC2)cc1.Cl. The molecule has 0 atom stereocenters. The van der Waals surface area contributed by atoms with Crippen LogP contribution in [0.3, 0.4) is 0 Å². The average Bonchev–Trinajstić information content (AvgIpc) is 2.50. The quantitative estimate of drug-likeness (QED) is 0.845. The number of carbonyl (C=O) groups is 2. The van der Waals surface area contributed by atoms with Crippen LogP contribution >= 0.6 is 24.2 Å². The monoisotopic (exact) mass is 357 g/mol. The molecule has 1 heterocycles. The van der Waals surface area contributed by atoms with E-state index in [1.54, 1.807) is 0 Å². The van der Waals surface area contributed by atoms with E-state index >= 15 is 0 Å². The molecule has 0 saturated carbocycles. The molecule has 0 aliphatic carbocycles. The van der Waals surface area contributed by atoms with Crippen LogP contribution in [0.5, 0.6) is 0 Å². The standard InChI is InChI=1S/C16H23N3O2S.ClH/c1-12-2-4-14(5-3-12)18-15(20)10-22-11-16(21)19-8-6-13(17)7-9-19;/h2-5,13H,6-11,17H2,1H3,(H,18,20);1H. The van der Waals surface area contributed by atoms with Crippen molar-refractivity contribution in [3.63, 3.8) is 0 Å². The Hall–Kier alpha value is -1.24. The molecule has 0 aromatic heterocycles. The maximum Gasteiger partial charge on any atom is 0.234 e. The Labute approximate surface area is 147 Å². The first kappa shape index (κ1) is 19.8. The van der Waals surface area contributed by atoms with Crippen molar-refractivity contribution in [1.29, 1.82) is 0 Å². The zero-order valence-electron chi connectivity index (χ0n) is 13.3. The summed E-state index contributed by atoms with van der Waals surface area (Å²) in [5.74, 6) is 0.645. The van der Waals surface area contributed by atoms with Crippen LogP contribution in [-0.2, 0) is 9.59 Å². The van der Waals surface area contributed by atoms with Crippen molar-refractivity contribution in [3.05, 3.63) is 29.8 Å². The Morgan fingerprint density at radius 3 is 2.43 bits per heavy atom. The van der Waals surface area contributed by atoms with Gasteiger partial charge in [0.25, 0.3) is 0 Å². The molecule has 7 heteroatoms. The number of piperidine rings is 1. The fourth-order valence-electron chi connectivity index (χ4n) is 2.31. The molecule has 3 N–H and O–H groups in total. The summed E-state index contributed by atoms with van der Waals surface area (Å²) >= 11 is 1.35. The lowest BCUT2D eigenvalue weighted by Crippen LogP contribution is -2.43. The molecule has 128 valence electrons. The fraction of sp³-hybridized carbons (Fsp3) is 0.500. The number of benzene rings is 1. The van der Waals surface area contributed by atoms with Crippen LogP contribution in [0.25, 0.3) is 0 Å². The number of amides is 2. The number of carbonyl (C=O) groups excluding carboxylic acids is 2. The van der Waals surface area contributed by atoms with Gasteiger partial charge in [0, 0.05) is 24.8 Å². The summed E-state index contributed by atoms with van der Waals surface area (Å²) in [6.07, 6.45) is 1.73. The average molecular weight is 358 g/mol. The van der Waals surface area contributed by atoms with E-state index in [0.717, 1.165) is 37.2 Å². The number of nitrogens with one attached hydrogen (secondary N) is 1. The third-order valence-electron chi connectivity index (χ3n) is 3.69. The summed E-state index contributed by atoms with van der Waals surface area (Å²) in [6, 6.07) is 7.87. The summed E-state index contributed by atoms with van der Waals surface area (Å²) in [5, 5.41) is 2.83. The minimum absolute atomic E-state index is 0. The molecule has 0 spiro atoms. The van der Waals surface area contributed by atoms with Gasteiger partial charge in [-0.2, -0.15) is 0 Å². The van der Waals surface area contributed by atoms with Gasteiger partial charge in [-0.25, -0.2) is 0 Å². The van der Waals surface area contributed by atoms with Gasteiger partial charge in [-0.15, -0.1) is 24.2 Å². The number of aryl methyl sites for hydroxylation is 1. The second-order valence-corrected chi connectivity index (χ2v) is 6.61. The van der Waals surface area contributed by atoms with Crippen molar-refractivity contribution >= 4 is 41.7 Å². The van der Waals surface area contributed by atoms with Crippen LogP contribution in [0.15, 0.2) is 24.3 Å². The van der Waals surface area contributed by atoms with Gasteiger partial charge in [-0.1, -0.05) is 17.7 Å². The van der Waals surface area contributed by atoms with Gasteiger partial charge in [0.05, 0.1) is 11.5 Å². The van der Waals surface area contributed by atoms with Crippen molar-refractivity contribution in [3.8, 4) is 0 Å². The second kappa shape index (κ2) is 9.80. The third kappa shape index (κ3) is 6.81. The number of halogens is 1. The van der Waals surface area contributed by atoms with Gasteiger partial charge in [-0.3, -0.25) is 9.59 Å². The maximum atomic E-state index is 12.0. The molecule has 0 radical (unpaired) electrons. The van der Waals surface area contributed by atoms with Gasteiger partial charge < -0.3 is 16.0 Å². The van der Waals surface area contributed by atoms with Gasteiger partial charge >= 0.3 is 0 Å². The number of hydrogen-bond acceptors (Lipinski definition) is 4. The highest BCUT2D eigenvalue weighted by Crippen LogP contribution is 2.12. The van der Waals surface area contributed by atoms with E-state index in [1.807, 2.05) is 36.1 Å². The summed E-state index contributed by atoms with van der Waals surface area (Å²) in [4.78, 5) is 25.7. The van der Waals surface area contributed by atoms with Crippen LogP contribution in [-0.4, -0.2) is 47.4 Å². The first-order valence-corrected chi connectivity index (χ1v) is 8.67. The number of hydrogen-bond donors (Lipinski definition) is 2. The van der Waals surface area contributed by atoms with Gasteiger partial charge in [-0.05, 0) is 31.9 Å². The van der Waals surface area contributed by atoms with E-state index < -0.39 is 0 Å². The van der Waals surface area contributed by atoms with Crippen LogP contribution in [0.1, 0.15) is 18.4 Å². The lowest BCUT2D eigenvalue weighted by Gasteiger charge is -2.30. The fourth-order valence-corrected chi connectivity index (χ4v) is 3.02. The molecule has 5 nitrogen and oxygen atoms in total. The Bertz CT molecular complexity index is 517. The molecule has 2 amide bonds. The lowest BCUT2D eigenvalue weighted by molar-refractivity contribution is -0.129. The molecule has 23 heavy (non-hydrogen) atoms. The predicted molar refractivity (Wildman–Crippen MR) is 98.2 cm³/mol. The molecule has 0 bridgehead atoms.